The molecule has 4 heteroatoms. The summed E-state index contributed by atoms with van der Waals surface area (Å²) in [6.07, 6.45) is 5.69. The number of carbonyl (C=O) groups excluding carboxylic acids is 1. The second-order valence-corrected chi connectivity index (χ2v) is 5.59. The fraction of sp³-hybridized carbons (Fsp3) is 0.667. The van der Waals surface area contributed by atoms with Gasteiger partial charge in [0.05, 0.1) is 0 Å². The number of nitrogens with one attached hydrogen (secondary N) is 1. The van der Waals surface area contributed by atoms with Gasteiger partial charge in [-0.05, 0) is 37.9 Å². The van der Waals surface area contributed by atoms with Gasteiger partial charge in [0.25, 0.3) is 5.91 Å². The molecule has 2 fully saturated rings. The Hall–Kier alpha value is -1.29. The second-order valence-electron chi connectivity index (χ2n) is 5.59. The highest BCUT2D eigenvalue weighted by Crippen LogP contribution is 2.27. The van der Waals surface area contributed by atoms with E-state index in [1.165, 1.54) is 25.8 Å². The standard InChI is InChI=1S/C15H22N2O2/c1-2-11-6-7-14(19-11)15(18)16-12-8-10-17-9-4-3-5-13(12)17/h6-7,12-13H,2-5,8-10H2,1H3,(H,16,18). The van der Waals surface area contributed by atoms with Gasteiger partial charge in [-0.15, -0.1) is 0 Å². The molecule has 19 heavy (non-hydrogen) atoms. The number of rotatable bonds is 3. The second kappa shape index (κ2) is 5.37. The first-order valence-corrected chi connectivity index (χ1v) is 7.41. The Morgan fingerprint density at radius 1 is 1.37 bits per heavy atom. The van der Waals surface area contributed by atoms with Gasteiger partial charge in [0.1, 0.15) is 5.76 Å². The molecule has 4 nitrogen and oxygen atoms in total. The van der Waals surface area contributed by atoms with Crippen LogP contribution in [-0.2, 0) is 6.42 Å². The molecule has 0 spiro atoms. The predicted octanol–water partition coefficient (Wildman–Crippen LogP) is 2.20. The molecule has 2 atom stereocenters. The van der Waals surface area contributed by atoms with Crippen LogP contribution in [0.15, 0.2) is 16.5 Å². The van der Waals surface area contributed by atoms with Crippen molar-refractivity contribution in [2.75, 3.05) is 13.1 Å². The first-order valence-electron chi connectivity index (χ1n) is 7.41. The van der Waals surface area contributed by atoms with Crippen molar-refractivity contribution in [2.45, 2.75) is 51.1 Å². The summed E-state index contributed by atoms with van der Waals surface area (Å²) in [7, 11) is 0. The van der Waals surface area contributed by atoms with Crippen LogP contribution in [0.4, 0.5) is 0 Å². The number of aryl methyl sites for hydroxylation is 1. The van der Waals surface area contributed by atoms with Crippen molar-refractivity contribution in [1.29, 1.82) is 0 Å². The van der Waals surface area contributed by atoms with Gasteiger partial charge >= 0.3 is 0 Å². The first kappa shape index (κ1) is 12.7. The first-order chi connectivity index (χ1) is 9.28. The molecule has 1 N–H and O–H groups in total. The summed E-state index contributed by atoms with van der Waals surface area (Å²) in [5, 5.41) is 3.16. The maximum absolute atomic E-state index is 12.2. The lowest BCUT2D eigenvalue weighted by atomic mass is 9.99. The maximum Gasteiger partial charge on any atom is 0.287 e. The van der Waals surface area contributed by atoms with E-state index in [0.29, 0.717) is 17.8 Å². The van der Waals surface area contributed by atoms with Crippen LogP contribution >= 0.6 is 0 Å². The SMILES string of the molecule is CCc1ccc(C(=O)NC2CCN3CCCCC23)o1. The summed E-state index contributed by atoms with van der Waals surface area (Å²) in [5.74, 6) is 1.26. The molecule has 1 aromatic heterocycles. The van der Waals surface area contributed by atoms with Crippen LogP contribution in [0.1, 0.15) is 48.9 Å². The van der Waals surface area contributed by atoms with Gasteiger partial charge in [-0.2, -0.15) is 0 Å². The fourth-order valence-electron chi connectivity index (χ4n) is 3.35. The van der Waals surface area contributed by atoms with Crippen molar-refractivity contribution in [3.8, 4) is 0 Å². The molecule has 2 aliphatic heterocycles. The zero-order chi connectivity index (χ0) is 13.2. The van der Waals surface area contributed by atoms with Gasteiger partial charge in [-0.25, -0.2) is 0 Å². The van der Waals surface area contributed by atoms with E-state index in [1.54, 1.807) is 6.07 Å². The van der Waals surface area contributed by atoms with Crippen LogP contribution < -0.4 is 5.32 Å². The molecular formula is C15H22N2O2. The minimum Gasteiger partial charge on any atom is -0.456 e. The summed E-state index contributed by atoms with van der Waals surface area (Å²) in [5.41, 5.74) is 0. The van der Waals surface area contributed by atoms with E-state index in [4.69, 9.17) is 4.42 Å². The summed E-state index contributed by atoms with van der Waals surface area (Å²) in [6, 6.07) is 4.50. The Labute approximate surface area is 114 Å². The number of hydrogen-bond donors (Lipinski definition) is 1. The van der Waals surface area contributed by atoms with Gasteiger partial charge in [-0.3, -0.25) is 9.69 Å². The van der Waals surface area contributed by atoms with Crippen LogP contribution in [-0.4, -0.2) is 36.0 Å². The quantitative estimate of drug-likeness (QED) is 0.908. The van der Waals surface area contributed by atoms with Crippen molar-refractivity contribution in [3.63, 3.8) is 0 Å². The Morgan fingerprint density at radius 2 is 2.26 bits per heavy atom. The lowest BCUT2D eigenvalue weighted by molar-refractivity contribution is 0.0886. The van der Waals surface area contributed by atoms with E-state index >= 15 is 0 Å². The molecule has 1 amide bonds. The van der Waals surface area contributed by atoms with Crippen LogP contribution in [0, 0.1) is 0 Å². The molecule has 0 aliphatic carbocycles. The van der Waals surface area contributed by atoms with Crippen LogP contribution in [0.3, 0.4) is 0 Å². The molecule has 104 valence electrons. The average Bonchev–Trinajstić information content (AvgIpc) is 3.06. The number of carbonyl (C=O) groups is 1. The number of amides is 1. The number of nitrogens with zero attached hydrogens (tertiary/aromatic N) is 1. The van der Waals surface area contributed by atoms with Gasteiger partial charge < -0.3 is 9.73 Å². The Morgan fingerprint density at radius 3 is 3.05 bits per heavy atom. The van der Waals surface area contributed by atoms with Crippen molar-refractivity contribution in [3.05, 3.63) is 23.7 Å². The molecule has 2 aliphatic rings. The van der Waals surface area contributed by atoms with Crippen LogP contribution in [0.5, 0.6) is 0 Å². The van der Waals surface area contributed by atoms with Crippen molar-refractivity contribution >= 4 is 5.91 Å². The molecule has 0 radical (unpaired) electrons. The maximum atomic E-state index is 12.2. The summed E-state index contributed by atoms with van der Waals surface area (Å²) in [6.45, 7) is 4.34. The third-order valence-electron chi connectivity index (χ3n) is 4.41. The van der Waals surface area contributed by atoms with Gasteiger partial charge in [0.15, 0.2) is 5.76 Å². The molecule has 3 rings (SSSR count). The lowest BCUT2D eigenvalue weighted by Crippen LogP contribution is -2.46. The Balaban J connectivity index is 1.63. The minimum absolute atomic E-state index is 0.0582. The van der Waals surface area contributed by atoms with E-state index < -0.39 is 0 Å². The molecule has 2 saturated heterocycles. The summed E-state index contributed by atoms with van der Waals surface area (Å²) in [4.78, 5) is 14.7. The van der Waals surface area contributed by atoms with Crippen molar-refractivity contribution in [2.24, 2.45) is 0 Å². The third-order valence-corrected chi connectivity index (χ3v) is 4.41. The van der Waals surface area contributed by atoms with Crippen LogP contribution in [0.2, 0.25) is 0 Å². The molecule has 2 unspecified atom stereocenters. The summed E-state index contributed by atoms with van der Waals surface area (Å²) >= 11 is 0. The van der Waals surface area contributed by atoms with E-state index in [1.807, 2.05) is 13.0 Å². The molecule has 3 heterocycles. The molecule has 0 saturated carbocycles. The topological polar surface area (TPSA) is 45.5 Å². The highest BCUT2D eigenvalue weighted by atomic mass is 16.3. The van der Waals surface area contributed by atoms with E-state index in [9.17, 15) is 4.79 Å². The third kappa shape index (κ3) is 2.54. The van der Waals surface area contributed by atoms with Crippen molar-refractivity contribution in [1.82, 2.24) is 10.2 Å². The highest BCUT2D eigenvalue weighted by Gasteiger charge is 2.36. The van der Waals surface area contributed by atoms with Gasteiger partial charge in [0.2, 0.25) is 0 Å². The Bertz CT molecular complexity index is 455. The van der Waals surface area contributed by atoms with Gasteiger partial charge in [-0.1, -0.05) is 13.3 Å². The smallest absolute Gasteiger partial charge is 0.287 e. The zero-order valence-corrected chi connectivity index (χ0v) is 11.5. The zero-order valence-electron chi connectivity index (χ0n) is 11.5. The van der Waals surface area contributed by atoms with Crippen LogP contribution in [0.25, 0.3) is 0 Å². The van der Waals surface area contributed by atoms with E-state index in [0.717, 1.165) is 25.1 Å². The fourth-order valence-corrected chi connectivity index (χ4v) is 3.35. The van der Waals surface area contributed by atoms with Gasteiger partial charge in [0, 0.05) is 25.0 Å². The van der Waals surface area contributed by atoms with E-state index in [-0.39, 0.29) is 5.91 Å². The number of piperidine rings is 1. The number of fused-ring (bicyclic) bond motifs is 1. The monoisotopic (exact) mass is 262 g/mol. The Kier molecular flexibility index (Phi) is 3.60. The highest BCUT2D eigenvalue weighted by molar-refractivity contribution is 5.91. The van der Waals surface area contributed by atoms with Crippen molar-refractivity contribution < 1.29 is 9.21 Å². The largest absolute Gasteiger partial charge is 0.456 e. The molecular weight excluding hydrogens is 240 g/mol. The van der Waals surface area contributed by atoms with E-state index in [2.05, 4.69) is 10.2 Å². The normalized spacial score (nSPS) is 27.2. The molecule has 0 aromatic carbocycles. The molecule has 1 aromatic rings. The number of hydrogen-bond acceptors (Lipinski definition) is 3. The average molecular weight is 262 g/mol. The number of furan rings is 1. The predicted molar refractivity (Wildman–Crippen MR) is 73.2 cm³/mol. The summed E-state index contributed by atoms with van der Waals surface area (Å²) < 4.78 is 5.52. The minimum atomic E-state index is -0.0582. The molecule has 0 bridgehead atoms. The lowest BCUT2D eigenvalue weighted by Gasteiger charge is -2.32.